The van der Waals surface area contributed by atoms with Crippen molar-refractivity contribution in [3.63, 3.8) is 0 Å². The summed E-state index contributed by atoms with van der Waals surface area (Å²) in [5.41, 5.74) is 1.35. The van der Waals surface area contributed by atoms with Crippen molar-refractivity contribution in [3.8, 4) is 22.9 Å². The predicted octanol–water partition coefficient (Wildman–Crippen LogP) is 2.49. The molecule has 1 aliphatic heterocycles. The number of hydroxylamine groups is 2. The Balaban J connectivity index is 1.69. The molecule has 0 radical (unpaired) electrons. The highest BCUT2D eigenvalue weighted by Crippen LogP contribution is 2.27. The summed E-state index contributed by atoms with van der Waals surface area (Å²) in [6.45, 7) is 3.04. The predicted molar refractivity (Wildman–Crippen MR) is 115 cm³/mol. The largest absolute Gasteiger partial charge is 0.491 e. The molecule has 9 heteroatoms. The Morgan fingerprint density at radius 3 is 2.16 bits per heavy atom. The minimum atomic E-state index is -1.10. The number of imide groups is 1. The van der Waals surface area contributed by atoms with Crippen molar-refractivity contribution in [3.05, 3.63) is 54.1 Å². The average molecular weight is 436 g/mol. The summed E-state index contributed by atoms with van der Waals surface area (Å²) in [4.78, 5) is 38.2. The molecule has 1 fully saturated rings. The summed E-state index contributed by atoms with van der Waals surface area (Å²) in [5.74, 6) is 0.142. The van der Waals surface area contributed by atoms with Gasteiger partial charge >= 0.3 is 6.03 Å². The quantitative estimate of drug-likeness (QED) is 0.294. The molecule has 1 aliphatic rings. The highest BCUT2D eigenvalue weighted by atomic mass is 16.5. The lowest BCUT2D eigenvalue weighted by Crippen LogP contribution is -2.52. The summed E-state index contributed by atoms with van der Waals surface area (Å²) < 4.78 is 5.75. The van der Waals surface area contributed by atoms with Gasteiger partial charge in [-0.1, -0.05) is 24.3 Å². The van der Waals surface area contributed by atoms with E-state index < -0.39 is 17.6 Å². The highest BCUT2D eigenvalue weighted by molar-refractivity contribution is 6.06. The molecule has 4 amide bonds. The van der Waals surface area contributed by atoms with E-state index in [4.69, 9.17) is 10.00 Å². The number of urea groups is 1. The fourth-order valence-corrected chi connectivity index (χ4v) is 3.52. The molecule has 1 N–H and O–H groups in total. The van der Waals surface area contributed by atoms with E-state index in [2.05, 4.69) is 6.07 Å². The van der Waals surface area contributed by atoms with Crippen molar-refractivity contribution in [1.29, 1.82) is 5.26 Å². The maximum atomic E-state index is 12.4. The van der Waals surface area contributed by atoms with E-state index in [0.717, 1.165) is 16.0 Å². The minimum absolute atomic E-state index is 0.0829. The zero-order valence-corrected chi connectivity index (χ0v) is 18.1. The Kier molecular flexibility index (Phi) is 6.46. The van der Waals surface area contributed by atoms with Gasteiger partial charge in [-0.05, 0) is 49.2 Å². The third-order valence-corrected chi connectivity index (χ3v) is 5.54. The van der Waals surface area contributed by atoms with Crippen molar-refractivity contribution in [1.82, 2.24) is 14.9 Å². The monoisotopic (exact) mass is 436 g/mol. The van der Waals surface area contributed by atoms with Crippen LogP contribution in [0.15, 0.2) is 48.5 Å². The van der Waals surface area contributed by atoms with E-state index in [1.807, 2.05) is 24.3 Å². The van der Waals surface area contributed by atoms with E-state index in [-0.39, 0.29) is 25.5 Å². The van der Waals surface area contributed by atoms with Crippen LogP contribution in [0.1, 0.15) is 19.4 Å². The molecule has 0 aliphatic carbocycles. The van der Waals surface area contributed by atoms with Gasteiger partial charge in [0.1, 0.15) is 23.9 Å². The molecule has 166 valence electrons. The fourth-order valence-electron chi connectivity index (χ4n) is 3.52. The van der Waals surface area contributed by atoms with Crippen LogP contribution in [-0.4, -0.2) is 70.2 Å². The van der Waals surface area contributed by atoms with Crippen molar-refractivity contribution in [2.24, 2.45) is 0 Å². The van der Waals surface area contributed by atoms with Gasteiger partial charge in [0.05, 0.1) is 11.6 Å². The average Bonchev–Trinajstić information content (AvgIpc) is 2.95. The number of rotatable bonds is 8. The van der Waals surface area contributed by atoms with Gasteiger partial charge in [-0.15, -0.1) is 0 Å². The highest BCUT2D eigenvalue weighted by Gasteiger charge is 2.50. The first-order valence-electron chi connectivity index (χ1n) is 9.94. The number of nitriles is 1. The first kappa shape index (κ1) is 22.8. The van der Waals surface area contributed by atoms with Crippen LogP contribution in [0.25, 0.3) is 11.1 Å². The van der Waals surface area contributed by atoms with Crippen molar-refractivity contribution in [2.75, 3.05) is 20.2 Å². The second-order valence-corrected chi connectivity index (χ2v) is 7.98. The standard InChI is InChI=1S/C23H24N4O5/c1-23(2)21(29)25(3)22(30)26(23)13-19(27(31)15-28)14-32-20-10-8-18(9-11-20)17-6-4-16(12-24)5-7-17/h4-11,15,19,31H,13-14H2,1-3H3. The Morgan fingerprint density at radius 2 is 1.69 bits per heavy atom. The molecule has 0 bridgehead atoms. The van der Waals surface area contributed by atoms with Crippen molar-refractivity contribution in [2.45, 2.75) is 25.4 Å². The van der Waals surface area contributed by atoms with Gasteiger partial charge in [0.2, 0.25) is 6.41 Å². The topological polar surface area (TPSA) is 114 Å². The minimum Gasteiger partial charge on any atom is -0.491 e. The third-order valence-electron chi connectivity index (χ3n) is 5.54. The molecule has 0 saturated carbocycles. The second-order valence-electron chi connectivity index (χ2n) is 7.98. The number of likely N-dealkylation sites (N-methyl/N-ethyl adjacent to an activating group) is 1. The van der Waals surface area contributed by atoms with Crippen LogP contribution in [-0.2, 0) is 9.59 Å². The summed E-state index contributed by atoms with van der Waals surface area (Å²) in [5, 5.41) is 19.4. The number of amides is 4. The first-order valence-corrected chi connectivity index (χ1v) is 9.94. The second kappa shape index (κ2) is 9.08. The molecule has 2 aromatic rings. The summed E-state index contributed by atoms with van der Waals surface area (Å²) >= 11 is 0. The number of carbonyl (C=O) groups excluding carboxylic acids is 3. The van der Waals surface area contributed by atoms with Gasteiger partial charge in [-0.3, -0.25) is 19.7 Å². The Bertz CT molecular complexity index is 1040. The zero-order chi connectivity index (χ0) is 23.5. The summed E-state index contributed by atoms with van der Waals surface area (Å²) in [7, 11) is 1.39. The van der Waals surface area contributed by atoms with Crippen LogP contribution in [0, 0.1) is 11.3 Å². The van der Waals surface area contributed by atoms with Gasteiger partial charge in [-0.2, -0.15) is 5.26 Å². The fraction of sp³-hybridized carbons (Fsp3) is 0.304. The van der Waals surface area contributed by atoms with E-state index in [0.29, 0.717) is 16.4 Å². The van der Waals surface area contributed by atoms with Gasteiger partial charge in [0.25, 0.3) is 5.91 Å². The number of carbonyl (C=O) groups is 3. The maximum Gasteiger partial charge on any atom is 0.327 e. The number of nitrogens with zero attached hydrogens (tertiary/aromatic N) is 4. The number of hydrogen-bond donors (Lipinski definition) is 1. The molecule has 2 aromatic carbocycles. The Morgan fingerprint density at radius 1 is 1.12 bits per heavy atom. The Labute approximate surface area is 186 Å². The molecule has 1 atom stereocenters. The first-order chi connectivity index (χ1) is 15.2. The van der Waals surface area contributed by atoms with E-state index in [1.165, 1.54) is 11.9 Å². The lowest BCUT2D eigenvalue weighted by Gasteiger charge is -2.33. The van der Waals surface area contributed by atoms with Crippen LogP contribution >= 0.6 is 0 Å². The molecule has 1 unspecified atom stereocenters. The molecular formula is C23H24N4O5. The molecule has 0 aromatic heterocycles. The van der Waals surface area contributed by atoms with E-state index >= 15 is 0 Å². The SMILES string of the molecule is CN1C(=O)N(CC(COc2ccc(-c3ccc(C#N)cc3)cc2)N(O)C=O)C(C)(C)C1=O. The summed E-state index contributed by atoms with van der Waals surface area (Å²) in [6, 6.07) is 15.1. The molecule has 1 heterocycles. The lowest BCUT2D eigenvalue weighted by molar-refractivity contribution is -0.165. The maximum absolute atomic E-state index is 12.4. The normalized spacial score (nSPS) is 16.0. The molecule has 3 rings (SSSR count). The van der Waals surface area contributed by atoms with Crippen molar-refractivity contribution < 1.29 is 24.3 Å². The lowest BCUT2D eigenvalue weighted by atomic mass is 10.0. The molecular weight excluding hydrogens is 412 g/mol. The van der Waals surface area contributed by atoms with Crippen molar-refractivity contribution >= 4 is 18.3 Å². The van der Waals surface area contributed by atoms with Crippen LogP contribution in [0.5, 0.6) is 5.75 Å². The molecule has 9 nitrogen and oxygen atoms in total. The van der Waals surface area contributed by atoms with Gasteiger partial charge in [0.15, 0.2) is 0 Å². The number of ether oxygens (including phenoxy) is 1. The zero-order valence-electron chi connectivity index (χ0n) is 18.1. The number of hydrogen-bond acceptors (Lipinski definition) is 6. The van der Waals surface area contributed by atoms with Crippen LogP contribution < -0.4 is 4.74 Å². The van der Waals surface area contributed by atoms with Crippen LogP contribution in [0.2, 0.25) is 0 Å². The van der Waals surface area contributed by atoms with E-state index in [1.54, 1.807) is 38.1 Å². The molecule has 1 saturated heterocycles. The van der Waals surface area contributed by atoms with Crippen LogP contribution in [0.4, 0.5) is 4.79 Å². The summed E-state index contributed by atoms with van der Waals surface area (Å²) in [6.07, 6.45) is 0.237. The molecule has 32 heavy (non-hydrogen) atoms. The van der Waals surface area contributed by atoms with Gasteiger partial charge in [0, 0.05) is 13.6 Å². The van der Waals surface area contributed by atoms with E-state index in [9.17, 15) is 19.6 Å². The number of benzene rings is 2. The smallest absolute Gasteiger partial charge is 0.327 e. The molecule has 0 spiro atoms. The Hall–Kier alpha value is -3.90. The van der Waals surface area contributed by atoms with Gasteiger partial charge < -0.3 is 9.64 Å². The third kappa shape index (κ3) is 4.40. The van der Waals surface area contributed by atoms with Crippen LogP contribution in [0.3, 0.4) is 0 Å². The van der Waals surface area contributed by atoms with Gasteiger partial charge in [-0.25, -0.2) is 9.86 Å².